The minimum absolute atomic E-state index is 0.141. The number of rotatable bonds is 5. The molecule has 4 fully saturated rings. The molecule has 0 aliphatic heterocycles. The molecule has 11 unspecified atom stereocenters. The van der Waals surface area contributed by atoms with Crippen molar-refractivity contribution < 1.29 is 10.2 Å². The molecule has 31 heavy (non-hydrogen) atoms. The van der Waals surface area contributed by atoms with Gasteiger partial charge in [0, 0.05) is 0 Å². The van der Waals surface area contributed by atoms with E-state index >= 15 is 0 Å². The van der Waals surface area contributed by atoms with E-state index in [2.05, 4.69) is 48.1 Å². The molecule has 4 aliphatic carbocycles. The van der Waals surface area contributed by atoms with Crippen molar-refractivity contribution in [3.63, 3.8) is 0 Å². The molecule has 0 saturated heterocycles. The van der Waals surface area contributed by atoms with Crippen molar-refractivity contribution >= 4 is 0 Å². The Labute approximate surface area is 192 Å². The zero-order valence-corrected chi connectivity index (χ0v) is 21.2. The van der Waals surface area contributed by atoms with Gasteiger partial charge in [-0.05, 0) is 116 Å². The lowest BCUT2D eigenvalue weighted by atomic mass is 9.42. The fourth-order valence-electron chi connectivity index (χ4n) is 9.71. The van der Waals surface area contributed by atoms with Crippen LogP contribution in [0.4, 0.5) is 0 Å². The number of hydrogen-bond acceptors (Lipinski definition) is 2. The quantitative estimate of drug-likeness (QED) is 0.468. The van der Waals surface area contributed by atoms with Crippen LogP contribution in [-0.2, 0) is 0 Å². The predicted octanol–water partition coefficient (Wildman–Crippen LogP) is 6.85. The van der Waals surface area contributed by atoms with Gasteiger partial charge >= 0.3 is 0 Å². The normalized spacial score (nSPS) is 50.5. The van der Waals surface area contributed by atoms with Crippen molar-refractivity contribution in [3.8, 4) is 0 Å². The van der Waals surface area contributed by atoms with E-state index in [4.69, 9.17) is 0 Å². The van der Waals surface area contributed by atoms with E-state index in [0.29, 0.717) is 40.9 Å². The lowest BCUT2D eigenvalue weighted by molar-refractivity contribution is -0.192. The summed E-state index contributed by atoms with van der Waals surface area (Å²) in [5, 5.41) is 22.2. The molecule has 11 atom stereocenters. The molecule has 2 nitrogen and oxygen atoms in total. The average Bonchev–Trinajstić information content (AvgIpc) is 3.05. The van der Waals surface area contributed by atoms with Gasteiger partial charge in [-0.15, -0.1) is 0 Å². The van der Waals surface area contributed by atoms with Crippen LogP contribution in [0.25, 0.3) is 0 Å². The first-order chi connectivity index (χ1) is 14.5. The molecule has 0 spiro atoms. The van der Waals surface area contributed by atoms with Gasteiger partial charge in [0.2, 0.25) is 0 Å². The molecular formula is C29H50O2. The monoisotopic (exact) mass is 430 g/mol. The van der Waals surface area contributed by atoms with E-state index in [1.165, 1.54) is 37.7 Å². The fraction of sp³-hybridized carbons (Fsp3) is 0.931. The van der Waals surface area contributed by atoms with Gasteiger partial charge in [0.15, 0.2) is 0 Å². The van der Waals surface area contributed by atoms with E-state index in [9.17, 15) is 10.2 Å². The van der Waals surface area contributed by atoms with Crippen LogP contribution in [0.5, 0.6) is 0 Å². The standard InChI is InChI=1S/C29H50O2/c1-17(2)18(3)8-9-19(4)22-12-13-24-21-10-11-23-20(5)25(30)14-15-28(23,6)27(21)26(31)16-29(22,24)7/h17,19-27,30-31H,3,8-16H2,1-2,4-7H3. The highest BCUT2D eigenvalue weighted by molar-refractivity contribution is 5.13. The Morgan fingerprint density at radius 2 is 1.61 bits per heavy atom. The van der Waals surface area contributed by atoms with Crippen LogP contribution >= 0.6 is 0 Å². The summed E-state index contributed by atoms with van der Waals surface area (Å²) in [7, 11) is 0. The van der Waals surface area contributed by atoms with Crippen molar-refractivity contribution in [1.29, 1.82) is 0 Å². The van der Waals surface area contributed by atoms with Crippen LogP contribution in [0.2, 0.25) is 0 Å². The molecule has 2 N–H and O–H groups in total. The topological polar surface area (TPSA) is 40.5 Å². The Hall–Kier alpha value is -0.340. The van der Waals surface area contributed by atoms with Crippen molar-refractivity contribution in [1.82, 2.24) is 0 Å². The number of aliphatic hydroxyl groups is 2. The van der Waals surface area contributed by atoms with Gasteiger partial charge < -0.3 is 10.2 Å². The molecule has 178 valence electrons. The second-order valence-corrected chi connectivity index (χ2v) is 13.2. The summed E-state index contributed by atoms with van der Waals surface area (Å²) in [6, 6.07) is 0. The highest BCUT2D eigenvalue weighted by atomic mass is 16.3. The van der Waals surface area contributed by atoms with Gasteiger partial charge in [0.1, 0.15) is 0 Å². The molecule has 4 rings (SSSR count). The molecule has 0 amide bonds. The van der Waals surface area contributed by atoms with E-state index in [1.54, 1.807) is 0 Å². The van der Waals surface area contributed by atoms with Crippen LogP contribution in [0.3, 0.4) is 0 Å². The van der Waals surface area contributed by atoms with Crippen LogP contribution in [-0.4, -0.2) is 22.4 Å². The van der Waals surface area contributed by atoms with Crippen molar-refractivity contribution in [2.75, 3.05) is 0 Å². The van der Waals surface area contributed by atoms with Gasteiger partial charge in [-0.25, -0.2) is 0 Å². The number of aliphatic hydroxyl groups excluding tert-OH is 2. The number of allylic oxidation sites excluding steroid dienone is 1. The molecular weight excluding hydrogens is 380 g/mol. The number of fused-ring (bicyclic) bond motifs is 5. The first-order valence-corrected chi connectivity index (χ1v) is 13.5. The van der Waals surface area contributed by atoms with Gasteiger partial charge in [-0.1, -0.05) is 53.7 Å². The minimum Gasteiger partial charge on any atom is -0.393 e. The van der Waals surface area contributed by atoms with Crippen molar-refractivity contribution in [2.45, 2.75) is 112 Å². The molecule has 2 heteroatoms. The summed E-state index contributed by atoms with van der Waals surface area (Å²) in [5.41, 5.74) is 1.90. The Bertz CT molecular complexity index is 670. The van der Waals surface area contributed by atoms with Crippen LogP contribution < -0.4 is 0 Å². The first-order valence-electron chi connectivity index (χ1n) is 13.5. The molecule has 0 bridgehead atoms. The zero-order chi connectivity index (χ0) is 22.7. The average molecular weight is 431 g/mol. The Morgan fingerprint density at radius 3 is 2.29 bits per heavy atom. The van der Waals surface area contributed by atoms with Gasteiger partial charge in [-0.2, -0.15) is 0 Å². The lowest BCUT2D eigenvalue weighted by Crippen LogP contribution is -2.60. The SMILES string of the molecule is C=C(CCC(C)C1CCC2C3CCC4C(C)C(O)CCC4(C)C3C(O)CC12C)C(C)C. The summed E-state index contributed by atoms with van der Waals surface area (Å²) >= 11 is 0. The predicted molar refractivity (Wildman–Crippen MR) is 130 cm³/mol. The maximum atomic E-state index is 11.7. The maximum Gasteiger partial charge on any atom is 0.0581 e. The highest BCUT2D eigenvalue weighted by Gasteiger charge is 2.64. The molecule has 0 radical (unpaired) electrons. The third kappa shape index (κ3) is 3.76. The lowest BCUT2D eigenvalue weighted by Gasteiger charge is -2.63. The van der Waals surface area contributed by atoms with Gasteiger partial charge in [-0.3, -0.25) is 0 Å². The highest BCUT2D eigenvalue weighted by Crippen LogP contribution is 2.68. The Morgan fingerprint density at radius 1 is 0.935 bits per heavy atom. The van der Waals surface area contributed by atoms with Crippen LogP contribution in [0.15, 0.2) is 12.2 Å². The second kappa shape index (κ2) is 8.46. The third-order valence-electron chi connectivity index (χ3n) is 11.6. The van der Waals surface area contributed by atoms with Crippen molar-refractivity contribution in [3.05, 3.63) is 12.2 Å². The smallest absolute Gasteiger partial charge is 0.0581 e. The first kappa shape index (κ1) is 23.8. The third-order valence-corrected chi connectivity index (χ3v) is 11.6. The molecule has 0 aromatic rings. The van der Waals surface area contributed by atoms with E-state index < -0.39 is 0 Å². The van der Waals surface area contributed by atoms with Crippen molar-refractivity contribution in [2.24, 2.45) is 58.2 Å². The summed E-state index contributed by atoms with van der Waals surface area (Å²) in [6.07, 6.45) is 10.4. The molecule has 0 aromatic carbocycles. The van der Waals surface area contributed by atoms with E-state index in [0.717, 1.165) is 37.5 Å². The van der Waals surface area contributed by atoms with Gasteiger partial charge in [0.25, 0.3) is 0 Å². The summed E-state index contributed by atoms with van der Waals surface area (Å²) in [5.74, 6) is 4.90. The zero-order valence-electron chi connectivity index (χ0n) is 21.2. The summed E-state index contributed by atoms with van der Waals surface area (Å²) < 4.78 is 0. The summed E-state index contributed by atoms with van der Waals surface area (Å²) in [6.45, 7) is 18.6. The maximum absolute atomic E-state index is 11.7. The Kier molecular flexibility index (Phi) is 6.50. The van der Waals surface area contributed by atoms with Crippen LogP contribution in [0, 0.1) is 58.2 Å². The Balaban J connectivity index is 1.53. The minimum atomic E-state index is -0.167. The second-order valence-electron chi connectivity index (χ2n) is 13.2. The van der Waals surface area contributed by atoms with Crippen LogP contribution in [0.1, 0.15) is 99.3 Å². The van der Waals surface area contributed by atoms with E-state index in [1.807, 2.05) is 0 Å². The van der Waals surface area contributed by atoms with E-state index in [-0.39, 0.29) is 17.6 Å². The molecule has 0 aromatic heterocycles. The fourth-order valence-corrected chi connectivity index (χ4v) is 9.71. The number of hydrogen-bond donors (Lipinski definition) is 2. The summed E-state index contributed by atoms with van der Waals surface area (Å²) in [4.78, 5) is 0. The molecule has 4 saturated carbocycles. The van der Waals surface area contributed by atoms with Gasteiger partial charge in [0.05, 0.1) is 12.2 Å². The molecule has 4 aliphatic rings. The molecule has 0 heterocycles. The largest absolute Gasteiger partial charge is 0.393 e.